The first-order chi connectivity index (χ1) is 11.9. The fourth-order valence-electron chi connectivity index (χ4n) is 3.26. The highest BCUT2D eigenvalue weighted by atomic mass is 127. The van der Waals surface area contributed by atoms with E-state index in [1.807, 2.05) is 7.05 Å². The SMILES string of the molecule is CN=C(NCCCOCC1CCOC1)NCCN1CCCCCC1.I. The summed E-state index contributed by atoms with van der Waals surface area (Å²) in [4.78, 5) is 6.85. The maximum atomic E-state index is 5.72. The third kappa shape index (κ3) is 10.6. The second-order valence-electron chi connectivity index (χ2n) is 6.84. The van der Waals surface area contributed by atoms with Crippen LogP contribution >= 0.6 is 24.0 Å². The van der Waals surface area contributed by atoms with E-state index < -0.39 is 0 Å². The third-order valence-electron chi connectivity index (χ3n) is 4.78. The van der Waals surface area contributed by atoms with E-state index >= 15 is 0 Å². The quantitative estimate of drug-likeness (QED) is 0.235. The van der Waals surface area contributed by atoms with Crippen LogP contribution in [0, 0.1) is 5.92 Å². The molecule has 1 unspecified atom stereocenters. The molecule has 2 heterocycles. The number of ether oxygens (including phenoxy) is 2. The molecule has 0 amide bonds. The number of halogens is 1. The maximum absolute atomic E-state index is 5.72. The van der Waals surface area contributed by atoms with Crippen molar-refractivity contribution < 1.29 is 9.47 Å². The van der Waals surface area contributed by atoms with Crippen LogP contribution in [0.2, 0.25) is 0 Å². The molecular formula is C18H37IN4O2. The summed E-state index contributed by atoms with van der Waals surface area (Å²) < 4.78 is 11.1. The van der Waals surface area contributed by atoms with Crippen LogP contribution in [0.4, 0.5) is 0 Å². The molecule has 1 atom stereocenters. The van der Waals surface area contributed by atoms with E-state index in [9.17, 15) is 0 Å². The summed E-state index contributed by atoms with van der Waals surface area (Å²) >= 11 is 0. The lowest BCUT2D eigenvalue weighted by Crippen LogP contribution is -2.42. The number of hydrogen-bond acceptors (Lipinski definition) is 4. The second kappa shape index (κ2) is 15.0. The van der Waals surface area contributed by atoms with E-state index in [1.165, 1.54) is 38.8 Å². The van der Waals surface area contributed by atoms with Crippen LogP contribution in [0.25, 0.3) is 0 Å². The maximum Gasteiger partial charge on any atom is 0.191 e. The number of nitrogens with one attached hydrogen (secondary N) is 2. The minimum absolute atomic E-state index is 0. The molecule has 2 fully saturated rings. The predicted octanol–water partition coefficient (Wildman–Crippen LogP) is 2.09. The topological polar surface area (TPSA) is 58.1 Å². The smallest absolute Gasteiger partial charge is 0.191 e. The van der Waals surface area contributed by atoms with Gasteiger partial charge in [-0.3, -0.25) is 4.99 Å². The number of aliphatic imine (C=N–C) groups is 1. The van der Waals surface area contributed by atoms with Gasteiger partial charge in [-0.25, -0.2) is 0 Å². The van der Waals surface area contributed by atoms with Crippen LogP contribution in [0.15, 0.2) is 4.99 Å². The van der Waals surface area contributed by atoms with Crippen LogP contribution in [0.3, 0.4) is 0 Å². The van der Waals surface area contributed by atoms with Crippen LogP contribution in [-0.2, 0) is 9.47 Å². The minimum atomic E-state index is 0. The summed E-state index contributed by atoms with van der Waals surface area (Å²) in [7, 11) is 1.83. The zero-order chi connectivity index (χ0) is 16.9. The van der Waals surface area contributed by atoms with E-state index in [1.54, 1.807) is 0 Å². The average Bonchev–Trinajstić information content (AvgIpc) is 2.98. The van der Waals surface area contributed by atoms with Crippen molar-refractivity contribution in [1.82, 2.24) is 15.5 Å². The van der Waals surface area contributed by atoms with Crippen molar-refractivity contribution in [3.63, 3.8) is 0 Å². The van der Waals surface area contributed by atoms with Gasteiger partial charge in [0.1, 0.15) is 0 Å². The van der Waals surface area contributed by atoms with Crippen molar-refractivity contribution in [1.29, 1.82) is 0 Å². The van der Waals surface area contributed by atoms with Gasteiger partial charge in [-0.1, -0.05) is 12.8 Å². The summed E-state index contributed by atoms with van der Waals surface area (Å²) in [5.74, 6) is 1.50. The first-order valence-electron chi connectivity index (χ1n) is 9.71. The zero-order valence-corrected chi connectivity index (χ0v) is 18.1. The molecule has 0 spiro atoms. The predicted molar refractivity (Wildman–Crippen MR) is 114 cm³/mol. The average molecular weight is 468 g/mol. The van der Waals surface area contributed by atoms with Gasteiger partial charge in [0.15, 0.2) is 5.96 Å². The summed E-state index contributed by atoms with van der Waals surface area (Å²) in [5, 5.41) is 6.78. The van der Waals surface area contributed by atoms with E-state index in [0.29, 0.717) is 5.92 Å². The van der Waals surface area contributed by atoms with Gasteiger partial charge in [-0.05, 0) is 38.8 Å². The number of hydrogen-bond donors (Lipinski definition) is 2. The lowest BCUT2D eigenvalue weighted by molar-refractivity contribution is 0.0888. The van der Waals surface area contributed by atoms with Crippen molar-refractivity contribution in [2.75, 3.05) is 66.2 Å². The van der Waals surface area contributed by atoms with E-state index in [4.69, 9.17) is 9.47 Å². The molecule has 0 aromatic rings. The molecule has 0 bridgehead atoms. The Balaban J connectivity index is 0.00000312. The molecule has 2 N–H and O–H groups in total. The van der Waals surface area contributed by atoms with Gasteiger partial charge < -0.3 is 25.0 Å². The van der Waals surface area contributed by atoms with Crippen molar-refractivity contribution in [3.05, 3.63) is 0 Å². The Hall–Kier alpha value is -0.120. The van der Waals surface area contributed by atoms with E-state index in [-0.39, 0.29) is 24.0 Å². The molecule has 0 aromatic heterocycles. The summed E-state index contributed by atoms with van der Waals surface area (Å²) in [6.07, 6.45) is 7.62. The number of guanidine groups is 1. The molecule has 7 heteroatoms. The summed E-state index contributed by atoms with van der Waals surface area (Å²) in [5.41, 5.74) is 0. The highest BCUT2D eigenvalue weighted by molar-refractivity contribution is 14.0. The largest absolute Gasteiger partial charge is 0.381 e. The standard InChI is InChI=1S/C18H36N4O2.HI/c1-19-18(21-9-12-22-10-4-2-3-5-11-22)20-8-6-13-23-15-17-7-14-24-16-17;/h17H,2-16H2,1H3,(H2,19,20,21);1H. The van der Waals surface area contributed by atoms with E-state index in [0.717, 1.165) is 64.9 Å². The molecule has 2 saturated heterocycles. The van der Waals surface area contributed by atoms with Gasteiger partial charge in [0.2, 0.25) is 0 Å². The van der Waals surface area contributed by atoms with Gasteiger partial charge >= 0.3 is 0 Å². The first-order valence-corrected chi connectivity index (χ1v) is 9.71. The molecule has 0 saturated carbocycles. The van der Waals surface area contributed by atoms with E-state index in [2.05, 4.69) is 20.5 Å². The Morgan fingerprint density at radius 3 is 2.60 bits per heavy atom. The van der Waals surface area contributed by atoms with Crippen molar-refractivity contribution in [3.8, 4) is 0 Å². The molecule has 2 rings (SSSR count). The van der Waals surface area contributed by atoms with Gasteiger partial charge in [0.05, 0.1) is 13.2 Å². The lowest BCUT2D eigenvalue weighted by atomic mass is 10.1. The Kier molecular flexibility index (Phi) is 13.7. The fourth-order valence-corrected chi connectivity index (χ4v) is 3.26. The monoisotopic (exact) mass is 468 g/mol. The summed E-state index contributed by atoms with van der Waals surface area (Å²) in [6, 6.07) is 0. The van der Waals surface area contributed by atoms with Crippen LogP contribution in [0.5, 0.6) is 0 Å². The Morgan fingerprint density at radius 1 is 1.16 bits per heavy atom. The zero-order valence-electron chi connectivity index (χ0n) is 15.8. The van der Waals surface area contributed by atoms with Crippen molar-refractivity contribution in [2.24, 2.45) is 10.9 Å². The van der Waals surface area contributed by atoms with Crippen LogP contribution < -0.4 is 10.6 Å². The number of likely N-dealkylation sites (tertiary alicyclic amines) is 1. The molecule has 0 aromatic carbocycles. The summed E-state index contributed by atoms with van der Waals surface area (Å²) in [6.45, 7) is 8.85. The molecule has 2 aliphatic rings. The van der Waals surface area contributed by atoms with Crippen molar-refractivity contribution >= 4 is 29.9 Å². The Morgan fingerprint density at radius 2 is 1.92 bits per heavy atom. The molecule has 25 heavy (non-hydrogen) atoms. The van der Waals surface area contributed by atoms with Gasteiger partial charge in [-0.15, -0.1) is 24.0 Å². The van der Waals surface area contributed by atoms with Crippen LogP contribution in [0.1, 0.15) is 38.5 Å². The van der Waals surface area contributed by atoms with Gasteiger partial charge in [-0.2, -0.15) is 0 Å². The van der Waals surface area contributed by atoms with Gasteiger partial charge in [0.25, 0.3) is 0 Å². The minimum Gasteiger partial charge on any atom is -0.381 e. The third-order valence-corrected chi connectivity index (χ3v) is 4.78. The highest BCUT2D eigenvalue weighted by Crippen LogP contribution is 2.12. The Labute approximate surface area is 170 Å². The van der Waals surface area contributed by atoms with Crippen LogP contribution in [-0.4, -0.2) is 77.1 Å². The molecule has 0 radical (unpaired) electrons. The number of nitrogens with zero attached hydrogens (tertiary/aromatic N) is 2. The Bertz CT molecular complexity index is 344. The molecule has 148 valence electrons. The molecular weight excluding hydrogens is 431 g/mol. The fraction of sp³-hybridized carbons (Fsp3) is 0.944. The molecule has 0 aliphatic carbocycles. The molecule has 2 aliphatic heterocycles. The lowest BCUT2D eigenvalue weighted by Gasteiger charge is -2.20. The molecule has 6 nitrogen and oxygen atoms in total. The second-order valence-corrected chi connectivity index (χ2v) is 6.84. The van der Waals surface area contributed by atoms with Crippen molar-refractivity contribution in [2.45, 2.75) is 38.5 Å². The van der Waals surface area contributed by atoms with Gasteiger partial charge in [0, 0.05) is 45.8 Å². The highest BCUT2D eigenvalue weighted by Gasteiger charge is 2.15. The normalized spacial score (nSPS) is 22.3. The first kappa shape index (κ1) is 22.9. The number of rotatable bonds is 9.